The molecule has 3 amide bonds. The fraction of sp³-hybridized carbons (Fsp3) is 0.409. The average molecular weight is 533 g/mol. The lowest BCUT2D eigenvalue weighted by molar-refractivity contribution is -0.138. The first-order valence-corrected chi connectivity index (χ1v) is 13.3. The van der Waals surface area contributed by atoms with Crippen LogP contribution in [0.1, 0.15) is 46.2 Å². The highest BCUT2D eigenvalue weighted by Gasteiger charge is 2.30. The standard InChI is InChI=1S/C22H28N7O7P/c1-11(18-24-13-6-7-29(22(33)23-2)9-15(13)25-18)19-26-14-5-4-12(8-17(14)28(19)3)20(30)27-16(21(31)32)10-37(34,35)36/h4-5,8,11,16H,6-7,9-10H2,1-3H3,(H,23,33)(H,24,25)(H,27,30)(H,31,32)(H2,34,35,36). The molecule has 1 aliphatic rings. The maximum atomic E-state index is 12.7. The Kier molecular flexibility index (Phi) is 7.09. The number of nitrogens with one attached hydrogen (secondary N) is 3. The highest BCUT2D eigenvalue weighted by molar-refractivity contribution is 7.51. The van der Waals surface area contributed by atoms with Crippen molar-refractivity contribution in [3.05, 3.63) is 46.8 Å². The summed E-state index contributed by atoms with van der Waals surface area (Å²) >= 11 is 0. The van der Waals surface area contributed by atoms with Gasteiger partial charge in [0, 0.05) is 38.3 Å². The molecule has 3 heterocycles. The number of carboxylic acid groups (broad SMARTS) is 1. The molecule has 37 heavy (non-hydrogen) atoms. The van der Waals surface area contributed by atoms with E-state index in [1.54, 1.807) is 35.7 Å². The second-order valence-corrected chi connectivity index (χ2v) is 10.6. The van der Waals surface area contributed by atoms with Crippen LogP contribution in [-0.4, -0.2) is 83.0 Å². The minimum Gasteiger partial charge on any atom is -0.480 e. The van der Waals surface area contributed by atoms with Crippen LogP contribution < -0.4 is 10.6 Å². The molecule has 14 nitrogen and oxygen atoms in total. The molecule has 0 saturated heterocycles. The van der Waals surface area contributed by atoms with E-state index in [4.69, 9.17) is 14.8 Å². The van der Waals surface area contributed by atoms with Gasteiger partial charge in [0.2, 0.25) is 0 Å². The van der Waals surface area contributed by atoms with E-state index in [0.717, 1.165) is 11.4 Å². The fourth-order valence-corrected chi connectivity index (χ4v) is 5.10. The Hall–Kier alpha value is -3.74. The van der Waals surface area contributed by atoms with Crippen LogP contribution >= 0.6 is 7.60 Å². The molecule has 2 aromatic heterocycles. The molecule has 4 rings (SSSR count). The summed E-state index contributed by atoms with van der Waals surface area (Å²) in [5, 5.41) is 14.0. The van der Waals surface area contributed by atoms with Gasteiger partial charge >= 0.3 is 19.6 Å². The van der Waals surface area contributed by atoms with Crippen LogP contribution in [0.25, 0.3) is 11.0 Å². The summed E-state index contributed by atoms with van der Waals surface area (Å²) in [6.07, 6.45) is -0.361. The summed E-state index contributed by atoms with van der Waals surface area (Å²) in [6.45, 7) is 2.92. The van der Waals surface area contributed by atoms with Crippen molar-refractivity contribution in [3.63, 3.8) is 0 Å². The van der Waals surface area contributed by atoms with Gasteiger partial charge in [0.1, 0.15) is 17.7 Å². The van der Waals surface area contributed by atoms with E-state index >= 15 is 0 Å². The van der Waals surface area contributed by atoms with Crippen molar-refractivity contribution in [2.24, 2.45) is 7.05 Å². The molecule has 15 heteroatoms. The number of carbonyl (C=O) groups excluding carboxylic acids is 2. The number of carbonyl (C=O) groups is 3. The predicted octanol–water partition coefficient (Wildman–Crippen LogP) is 0.506. The normalized spacial score (nSPS) is 15.2. The lowest BCUT2D eigenvalue weighted by atomic mass is 10.1. The summed E-state index contributed by atoms with van der Waals surface area (Å²) in [6, 6.07) is 2.73. The number of hydrogen-bond donors (Lipinski definition) is 6. The quantitative estimate of drug-likeness (QED) is 0.234. The van der Waals surface area contributed by atoms with Crippen molar-refractivity contribution < 1.29 is 33.8 Å². The molecule has 6 N–H and O–H groups in total. The molecule has 198 valence electrons. The molecule has 1 aliphatic heterocycles. The monoisotopic (exact) mass is 533 g/mol. The van der Waals surface area contributed by atoms with Gasteiger partial charge < -0.3 is 40.0 Å². The number of carboxylic acids is 1. The zero-order valence-corrected chi connectivity index (χ0v) is 21.3. The van der Waals surface area contributed by atoms with Gasteiger partial charge in [0.25, 0.3) is 5.91 Å². The molecular weight excluding hydrogens is 505 g/mol. The van der Waals surface area contributed by atoms with E-state index in [0.29, 0.717) is 42.2 Å². The smallest absolute Gasteiger partial charge is 0.328 e. The van der Waals surface area contributed by atoms with Crippen LogP contribution in [0.5, 0.6) is 0 Å². The second-order valence-electron chi connectivity index (χ2n) is 8.94. The third-order valence-electron chi connectivity index (χ3n) is 6.36. The van der Waals surface area contributed by atoms with E-state index in [1.807, 2.05) is 6.92 Å². The first-order valence-electron chi connectivity index (χ1n) is 11.5. The number of amides is 3. The molecule has 0 spiro atoms. The lowest BCUT2D eigenvalue weighted by Crippen LogP contribution is -2.43. The number of aromatic nitrogens is 4. The van der Waals surface area contributed by atoms with Crippen LogP contribution in [-0.2, 0) is 29.4 Å². The fourth-order valence-electron chi connectivity index (χ4n) is 4.37. The molecule has 3 aromatic rings. The van der Waals surface area contributed by atoms with Crippen LogP contribution in [0.15, 0.2) is 18.2 Å². The zero-order valence-electron chi connectivity index (χ0n) is 20.4. The van der Waals surface area contributed by atoms with Gasteiger partial charge in [0.05, 0.1) is 35.4 Å². The minimum atomic E-state index is -4.66. The highest BCUT2D eigenvalue weighted by atomic mass is 31.2. The van der Waals surface area contributed by atoms with Gasteiger partial charge in [0.15, 0.2) is 0 Å². The van der Waals surface area contributed by atoms with E-state index < -0.39 is 31.7 Å². The predicted molar refractivity (Wildman–Crippen MR) is 131 cm³/mol. The summed E-state index contributed by atoms with van der Waals surface area (Å²) in [4.78, 5) is 68.7. The van der Waals surface area contributed by atoms with Gasteiger partial charge in [-0.3, -0.25) is 9.36 Å². The van der Waals surface area contributed by atoms with Crippen molar-refractivity contribution in [1.82, 2.24) is 35.1 Å². The first-order chi connectivity index (χ1) is 17.4. The van der Waals surface area contributed by atoms with Gasteiger partial charge in [-0.1, -0.05) is 0 Å². The zero-order chi connectivity index (χ0) is 27.1. The average Bonchev–Trinajstić information content (AvgIpc) is 3.42. The van der Waals surface area contributed by atoms with E-state index in [9.17, 15) is 24.1 Å². The van der Waals surface area contributed by atoms with Crippen LogP contribution in [0, 0.1) is 0 Å². The summed E-state index contributed by atoms with van der Waals surface area (Å²) < 4.78 is 13.0. The van der Waals surface area contributed by atoms with E-state index in [-0.39, 0.29) is 17.5 Å². The van der Waals surface area contributed by atoms with Crippen molar-refractivity contribution in [2.75, 3.05) is 19.8 Å². The highest BCUT2D eigenvalue weighted by Crippen LogP contribution is 2.35. The van der Waals surface area contributed by atoms with Crippen molar-refractivity contribution in [3.8, 4) is 0 Å². The van der Waals surface area contributed by atoms with Crippen LogP contribution in [0.4, 0.5) is 4.79 Å². The Morgan fingerprint density at radius 2 is 1.97 bits per heavy atom. The second kappa shape index (κ2) is 9.96. The SMILES string of the molecule is CNC(=O)N1CCc2[nH]c(C(C)c3nc4ccc(C(=O)NC(CP(=O)(O)O)C(=O)O)cc4n3C)nc2C1. The Balaban J connectivity index is 1.57. The third-order valence-corrected chi connectivity index (χ3v) is 7.20. The molecule has 2 unspecified atom stereocenters. The molecule has 1 aromatic carbocycles. The number of imidazole rings is 2. The number of H-pyrrole nitrogens is 1. The van der Waals surface area contributed by atoms with Crippen molar-refractivity contribution in [1.29, 1.82) is 0 Å². The van der Waals surface area contributed by atoms with Crippen LogP contribution in [0.2, 0.25) is 0 Å². The summed E-state index contributed by atoms with van der Waals surface area (Å²) in [5.74, 6) is -1.20. The Morgan fingerprint density at radius 1 is 1.24 bits per heavy atom. The molecule has 0 aliphatic carbocycles. The van der Waals surface area contributed by atoms with E-state index in [2.05, 4.69) is 20.6 Å². The molecule has 0 radical (unpaired) electrons. The number of benzene rings is 1. The number of hydrogen-bond acceptors (Lipinski definition) is 6. The lowest BCUT2D eigenvalue weighted by Gasteiger charge is -2.25. The van der Waals surface area contributed by atoms with Crippen LogP contribution in [0.3, 0.4) is 0 Å². The maximum Gasteiger partial charge on any atom is 0.328 e. The number of aromatic amines is 1. The Labute approximate surface area is 211 Å². The van der Waals surface area contributed by atoms with Gasteiger partial charge in [-0.05, 0) is 25.1 Å². The molecule has 2 atom stereocenters. The van der Waals surface area contributed by atoms with Gasteiger partial charge in [-0.2, -0.15) is 0 Å². The minimum absolute atomic E-state index is 0.120. The topological polar surface area (TPSA) is 203 Å². The summed E-state index contributed by atoms with van der Waals surface area (Å²) in [5.41, 5.74) is 3.11. The first kappa shape index (κ1) is 26.3. The maximum absolute atomic E-state index is 12.7. The van der Waals surface area contributed by atoms with Crippen molar-refractivity contribution in [2.45, 2.75) is 31.8 Å². The molecule has 0 bridgehead atoms. The number of rotatable bonds is 7. The third kappa shape index (κ3) is 5.50. The number of urea groups is 1. The van der Waals surface area contributed by atoms with Gasteiger partial charge in [-0.15, -0.1) is 0 Å². The number of nitrogens with zero attached hydrogens (tertiary/aromatic N) is 4. The molecule has 0 fully saturated rings. The number of fused-ring (bicyclic) bond motifs is 2. The largest absolute Gasteiger partial charge is 0.480 e. The number of aliphatic carboxylic acids is 1. The van der Waals surface area contributed by atoms with Crippen molar-refractivity contribution >= 4 is 36.5 Å². The molecular formula is C22H28N7O7P. The Bertz CT molecular complexity index is 1430. The molecule has 0 saturated carbocycles. The van der Waals surface area contributed by atoms with E-state index in [1.165, 1.54) is 6.07 Å². The number of aryl methyl sites for hydroxylation is 1. The summed E-state index contributed by atoms with van der Waals surface area (Å²) in [7, 11) is -1.29. The van der Waals surface area contributed by atoms with Gasteiger partial charge in [-0.25, -0.2) is 19.6 Å². The Morgan fingerprint density at radius 3 is 2.62 bits per heavy atom.